The number of carbonyl (C=O) groups excluding carboxylic acids is 1. The van der Waals surface area contributed by atoms with Crippen LogP contribution >= 0.6 is 24.8 Å². The zero-order chi connectivity index (χ0) is 12.8. The minimum absolute atomic E-state index is 0. The van der Waals surface area contributed by atoms with E-state index >= 15 is 0 Å². The van der Waals surface area contributed by atoms with E-state index in [1.807, 2.05) is 19.0 Å². The van der Waals surface area contributed by atoms with Gasteiger partial charge in [-0.2, -0.15) is 0 Å². The summed E-state index contributed by atoms with van der Waals surface area (Å²) in [5.74, 6) is -0.462. The number of nitrogens with two attached hydrogens (primary N) is 1. The highest BCUT2D eigenvalue weighted by Gasteiger charge is 2.14. The van der Waals surface area contributed by atoms with Crippen LogP contribution < -0.4 is 11.1 Å². The number of benzene rings is 1. The van der Waals surface area contributed by atoms with E-state index in [2.05, 4.69) is 5.32 Å². The zero-order valence-electron chi connectivity index (χ0n) is 10.9. The molecule has 19 heavy (non-hydrogen) atoms. The Bertz CT molecular complexity index is 374. The topological polar surface area (TPSA) is 58.4 Å². The van der Waals surface area contributed by atoms with E-state index in [0.717, 1.165) is 5.56 Å². The van der Waals surface area contributed by atoms with E-state index in [9.17, 15) is 9.18 Å². The number of hydrogen-bond donors (Lipinski definition) is 2. The third-order valence-electron chi connectivity index (χ3n) is 2.56. The van der Waals surface area contributed by atoms with Crippen molar-refractivity contribution >= 4 is 30.7 Å². The summed E-state index contributed by atoms with van der Waals surface area (Å²) in [7, 11) is 3.81. The lowest BCUT2D eigenvalue weighted by atomic mass is 10.1. The number of rotatable bonds is 5. The number of nitrogens with one attached hydrogen (secondary N) is 1. The van der Waals surface area contributed by atoms with Gasteiger partial charge < -0.3 is 16.0 Å². The van der Waals surface area contributed by atoms with Crippen molar-refractivity contribution < 1.29 is 9.18 Å². The lowest BCUT2D eigenvalue weighted by Crippen LogP contribution is -2.37. The first kappa shape index (κ1) is 20.4. The van der Waals surface area contributed by atoms with Crippen molar-refractivity contribution in [3.8, 4) is 0 Å². The molecule has 3 N–H and O–H groups in total. The predicted molar refractivity (Wildman–Crippen MR) is 79.4 cm³/mol. The number of carbonyl (C=O) groups is 1. The molecule has 1 amide bonds. The molecule has 0 fully saturated rings. The molecule has 0 aliphatic rings. The highest BCUT2D eigenvalue weighted by molar-refractivity contribution is 5.85. The van der Waals surface area contributed by atoms with Crippen molar-refractivity contribution in [3.63, 3.8) is 0 Å². The van der Waals surface area contributed by atoms with E-state index in [0.29, 0.717) is 6.54 Å². The first-order valence-corrected chi connectivity index (χ1v) is 5.43. The van der Waals surface area contributed by atoms with Crippen molar-refractivity contribution in [2.24, 2.45) is 5.73 Å². The average Bonchev–Trinajstić information content (AvgIpc) is 2.31. The molecule has 0 aliphatic carbocycles. The highest BCUT2D eigenvalue weighted by Crippen LogP contribution is 2.17. The molecule has 7 heteroatoms. The van der Waals surface area contributed by atoms with Crippen LogP contribution in [-0.2, 0) is 4.79 Å². The largest absolute Gasteiger partial charge is 0.353 e. The molecule has 110 valence electrons. The average molecular weight is 312 g/mol. The molecule has 0 bridgehead atoms. The first-order valence-electron chi connectivity index (χ1n) is 5.43. The molecule has 1 atom stereocenters. The monoisotopic (exact) mass is 311 g/mol. The molecule has 0 spiro atoms. The molecule has 0 radical (unpaired) electrons. The quantitative estimate of drug-likeness (QED) is 0.863. The van der Waals surface area contributed by atoms with Crippen LogP contribution in [0.25, 0.3) is 0 Å². The summed E-state index contributed by atoms with van der Waals surface area (Å²) in [5.41, 5.74) is 6.17. The van der Waals surface area contributed by atoms with Crippen molar-refractivity contribution in [2.75, 3.05) is 27.2 Å². The molecule has 1 aromatic carbocycles. The summed E-state index contributed by atoms with van der Waals surface area (Å²) in [6, 6.07) is 6.27. The third-order valence-corrected chi connectivity index (χ3v) is 2.56. The normalized spacial score (nSPS) is 11.2. The highest BCUT2D eigenvalue weighted by atomic mass is 35.5. The van der Waals surface area contributed by atoms with Crippen LogP contribution in [0.4, 0.5) is 4.39 Å². The Kier molecular flexibility index (Phi) is 10.7. The Hall–Kier alpha value is -0.880. The van der Waals surface area contributed by atoms with Gasteiger partial charge in [-0.05, 0) is 31.8 Å². The first-order chi connectivity index (χ1) is 8.04. The summed E-state index contributed by atoms with van der Waals surface area (Å²) in [5, 5.41) is 2.73. The lowest BCUT2D eigenvalue weighted by molar-refractivity contribution is -0.119. The summed E-state index contributed by atoms with van der Waals surface area (Å²) >= 11 is 0. The fourth-order valence-corrected chi connectivity index (χ4v) is 1.57. The van der Waals surface area contributed by atoms with Gasteiger partial charge in [-0.1, -0.05) is 12.1 Å². The Balaban J connectivity index is 0. The standard InChI is InChI=1S/C12H18FN3O.2ClH/c1-16(2)11(8-15-12(17)7-14)9-3-5-10(13)6-4-9;;/h3-6,11H,7-8,14H2,1-2H3,(H,15,17);2*1H. The SMILES string of the molecule is CN(C)C(CNC(=O)CN)c1ccc(F)cc1.Cl.Cl. The van der Waals surface area contributed by atoms with Gasteiger partial charge in [0.05, 0.1) is 12.6 Å². The van der Waals surface area contributed by atoms with Gasteiger partial charge in [-0.15, -0.1) is 24.8 Å². The van der Waals surface area contributed by atoms with Gasteiger partial charge in [0.15, 0.2) is 0 Å². The second kappa shape index (κ2) is 9.97. The summed E-state index contributed by atoms with van der Waals surface area (Å²) < 4.78 is 12.8. The molecule has 0 aliphatic heterocycles. The molecule has 0 saturated carbocycles. The molecule has 1 aromatic rings. The van der Waals surface area contributed by atoms with Gasteiger partial charge in [0.25, 0.3) is 0 Å². The van der Waals surface area contributed by atoms with E-state index in [1.165, 1.54) is 12.1 Å². The van der Waals surface area contributed by atoms with Gasteiger partial charge in [-0.25, -0.2) is 4.39 Å². The van der Waals surface area contributed by atoms with Crippen LogP contribution in [0.3, 0.4) is 0 Å². The second-order valence-electron chi connectivity index (χ2n) is 4.04. The molecular formula is C12H20Cl2FN3O. The van der Waals surface area contributed by atoms with Gasteiger partial charge in [0.1, 0.15) is 5.82 Å². The lowest BCUT2D eigenvalue weighted by Gasteiger charge is -2.25. The Morgan fingerprint density at radius 3 is 2.26 bits per heavy atom. The van der Waals surface area contributed by atoms with Crippen molar-refractivity contribution in [3.05, 3.63) is 35.6 Å². The van der Waals surface area contributed by atoms with E-state index in [4.69, 9.17) is 5.73 Å². The Morgan fingerprint density at radius 1 is 1.32 bits per heavy atom. The number of hydrogen-bond acceptors (Lipinski definition) is 3. The van der Waals surface area contributed by atoms with Gasteiger partial charge in [0.2, 0.25) is 5.91 Å². The molecule has 0 heterocycles. The molecular weight excluding hydrogens is 292 g/mol. The zero-order valence-corrected chi connectivity index (χ0v) is 12.6. The van der Waals surface area contributed by atoms with Crippen LogP contribution in [0.5, 0.6) is 0 Å². The second-order valence-corrected chi connectivity index (χ2v) is 4.04. The number of amides is 1. The van der Waals surface area contributed by atoms with Crippen LogP contribution in [0.15, 0.2) is 24.3 Å². The number of nitrogens with zero attached hydrogens (tertiary/aromatic N) is 1. The fraction of sp³-hybridized carbons (Fsp3) is 0.417. The number of halogens is 3. The summed E-state index contributed by atoms with van der Waals surface area (Å²) in [6.07, 6.45) is 0. The fourth-order valence-electron chi connectivity index (χ4n) is 1.57. The molecule has 0 aromatic heterocycles. The van der Waals surface area contributed by atoms with Crippen LogP contribution in [0.1, 0.15) is 11.6 Å². The summed E-state index contributed by atoms with van der Waals surface area (Å²) in [4.78, 5) is 13.1. The van der Waals surface area contributed by atoms with E-state index < -0.39 is 0 Å². The van der Waals surface area contributed by atoms with Crippen LogP contribution in [0.2, 0.25) is 0 Å². The minimum atomic E-state index is -0.266. The molecule has 1 unspecified atom stereocenters. The van der Waals surface area contributed by atoms with Gasteiger partial charge in [-0.3, -0.25) is 4.79 Å². The molecule has 0 saturated heterocycles. The van der Waals surface area contributed by atoms with Crippen molar-refractivity contribution in [1.82, 2.24) is 10.2 Å². The maximum absolute atomic E-state index is 12.8. The maximum atomic E-state index is 12.8. The molecule has 1 rings (SSSR count). The maximum Gasteiger partial charge on any atom is 0.233 e. The smallest absolute Gasteiger partial charge is 0.233 e. The third kappa shape index (κ3) is 6.73. The number of likely N-dealkylation sites (N-methyl/N-ethyl adjacent to an activating group) is 1. The van der Waals surface area contributed by atoms with Crippen LogP contribution in [0, 0.1) is 5.82 Å². The van der Waals surface area contributed by atoms with Gasteiger partial charge in [0, 0.05) is 6.54 Å². The predicted octanol–water partition coefficient (Wildman–Crippen LogP) is 1.35. The summed E-state index contributed by atoms with van der Waals surface area (Å²) in [6.45, 7) is 0.429. The van der Waals surface area contributed by atoms with Crippen molar-refractivity contribution in [1.29, 1.82) is 0 Å². The molecule has 4 nitrogen and oxygen atoms in total. The minimum Gasteiger partial charge on any atom is -0.353 e. The van der Waals surface area contributed by atoms with Gasteiger partial charge >= 0.3 is 0 Å². The van der Waals surface area contributed by atoms with E-state index in [1.54, 1.807) is 12.1 Å². The van der Waals surface area contributed by atoms with Crippen LogP contribution in [-0.4, -0.2) is 38.0 Å². The van der Waals surface area contributed by atoms with Crippen molar-refractivity contribution in [2.45, 2.75) is 6.04 Å². The Labute approximate surface area is 125 Å². The Morgan fingerprint density at radius 2 is 1.84 bits per heavy atom. The van der Waals surface area contributed by atoms with E-state index in [-0.39, 0.29) is 49.1 Å².